The lowest BCUT2D eigenvalue weighted by Gasteiger charge is -2.17. The van der Waals surface area contributed by atoms with Crippen molar-refractivity contribution >= 4 is 60.4 Å². The molecule has 1 N–H and O–H groups in total. The molecule has 0 saturated carbocycles. The van der Waals surface area contributed by atoms with Crippen molar-refractivity contribution in [3.8, 4) is 5.75 Å². The van der Waals surface area contributed by atoms with Crippen molar-refractivity contribution in [1.29, 1.82) is 0 Å². The number of carbonyl (C=O) groups is 1. The third-order valence-electron chi connectivity index (χ3n) is 6.25. The first-order chi connectivity index (χ1) is 17.6. The van der Waals surface area contributed by atoms with E-state index in [1.54, 1.807) is 6.21 Å². The maximum atomic E-state index is 12.5. The Bertz CT molecular complexity index is 1390. The second kappa shape index (κ2) is 11.3. The molecule has 36 heavy (non-hydrogen) atoms. The number of nitrogens with zero attached hydrogens (tertiary/aromatic N) is 2. The number of hydrogen-bond donors (Lipinski definition) is 1. The van der Waals surface area contributed by atoms with Crippen LogP contribution in [0.4, 0.5) is 5.69 Å². The topological polar surface area (TPSA) is 53.9 Å². The molecular formula is C29H25Br2N3O2. The number of fused-ring (bicyclic) bond motifs is 1. The van der Waals surface area contributed by atoms with E-state index in [-0.39, 0.29) is 5.91 Å². The summed E-state index contributed by atoms with van der Waals surface area (Å²) in [7, 11) is 0. The van der Waals surface area contributed by atoms with Crippen LogP contribution in [0.1, 0.15) is 34.3 Å². The molecule has 7 heteroatoms. The van der Waals surface area contributed by atoms with Gasteiger partial charge in [0.2, 0.25) is 0 Å². The normalized spacial score (nSPS) is 13.4. The number of anilines is 1. The van der Waals surface area contributed by atoms with E-state index in [0.717, 1.165) is 38.8 Å². The largest absolute Gasteiger partial charge is 0.487 e. The van der Waals surface area contributed by atoms with Crippen molar-refractivity contribution in [1.82, 2.24) is 5.43 Å². The van der Waals surface area contributed by atoms with E-state index in [1.165, 1.54) is 23.6 Å². The maximum absolute atomic E-state index is 12.5. The molecule has 0 bridgehead atoms. The monoisotopic (exact) mass is 605 g/mol. The minimum Gasteiger partial charge on any atom is -0.487 e. The molecule has 0 radical (unpaired) electrons. The fourth-order valence-corrected chi connectivity index (χ4v) is 5.84. The first kappa shape index (κ1) is 24.5. The van der Waals surface area contributed by atoms with Crippen molar-refractivity contribution in [3.63, 3.8) is 0 Å². The Kier molecular flexibility index (Phi) is 7.68. The van der Waals surface area contributed by atoms with Gasteiger partial charge in [0.25, 0.3) is 5.91 Å². The smallest absolute Gasteiger partial charge is 0.271 e. The highest BCUT2D eigenvalue weighted by atomic mass is 79.9. The number of nitrogens with one attached hydrogen (secondary N) is 1. The molecule has 4 aromatic rings. The van der Waals surface area contributed by atoms with Crippen molar-refractivity contribution in [3.05, 3.63) is 104 Å². The van der Waals surface area contributed by atoms with E-state index in [1.807, 2.05) is 54.6 Å². The molecule has 182 valence electrons. The average molecular weight is 607 g/mol. The zero-order valence-corrected chi connectivity index (χ0v) is 22.8. The van der Waals surface area contributed by atoms with Crippen LogP contribution in [-0.4, -0.2) is 25.2 Å². The van der Waals surface area contributed by atoms with Gasteiger partial charge in [0.05, 0.1) is 15.2 Å². The molecule has 1 fully saturated rings. The number of benzene rings is 4. The molecule has 0 aliphatic carbocycles. The predicted octanol–water partition coefficient (Wildman–Crippen LogP) is 7.31. The summed E-state index contributed by atoms with van der Waals surface area (Å²) >= 11 is 7.21. The summed E-state index contributed by atoms with van der Waals surface area (Å²) in [6, 6.07) is 26.0. The maximum Gasteiger partial charge on any atom is 0.271 e. The highest BCUT2D eigenvalue weighted by Gasteiger charge is 2.13. The van der Waals surface area contributed by atoms with Crippen molar-refractivity contribution in [2.24, 2.45) is 5.10 Å². The molecule has 1 aliphatic heterocycles. The first-order valence-corrected chi connectivity index (χ1v) is 13.4. The molecule has 1 saturated heterocycles. The Morgan fingerprint density at radius 2 is 1.64 bits per heavy atom. The standard InChI is InChI=1S/C29H25Br2N3O2/c30-26-16-20(18-32-33-29(35)22-10-12-24(13-11-22)34-14-3-4-15-34)17-27(31)28(26)36-19-23-8-5-7-21-6-1-2-9-25(21)23/h1-2,5-13,16-18H,3-4,14-15,19H2,(H,33,35)/b32-18-. The number of rotatable bonds is 7. The number of amides is 1. The summed E-state index contributed by atoms with van der Waals surface area (Å²) in [5.41, 5.74) is 6.28. The fourth-order valence-electron chi connectivity index (χ4n) is 4.39. The summed E-state index contributed by atoms with van der Waals surface area (Å²) in [4.78, 5) is 14.8. The molecule has 0 unspecified atom stereocenters. The third kappa shape index (κ3) is 5.63. The fraction of sp³-hybridized carbons (Fsp3) is 0.172. The molecule has 4 aromatic carbocycles. The van der Waals surface area contributed by atoms with Gasteiger partial charge >= 0.3 is 0 Å². The van der Waals surface area contributed by atoms with Crippen molar-refractivity contribution < 1.29 is 9.53 Å². The van der Waals surface area contributed by atoms with Crippen LogP contribution in [0.5, 0.6) is 5.75 Å². The summed E-state index contributed by atoms with van der Waals surface area (Å²) in [5, 5.41) is 6.51. The van der Waals surface area contributed by atoms with Crippen LogP contribution in [-0.2, 0) is 6.61 Å². The predicted molar refractivity (Wildman–Crippen MR) is 153 cm³/mol. The Hall–Kier alpha value is -3.16. The Balaban J connectivity index is 1.21. The Labute approximate surface area is 227 Å². The lowest BCUT2D eigenvalue weighted by Crippen LogP contribution is -2.19. The van der Waals surface area contributed by atoms with Crippen LogP contribution >= 0.6 is 31.9 Å². The van der Waals surface area contributed by atoms with Gasteiger partial charge < -0.3 is 9.64 Å². The molecule has 1 aliphatic rings. The van der Waals surface area contributed by atoms with Gasteiger partial charge in [-0.05, 0) is 103 Å². The molecular weight excluding hydrogens is 582 g/mol. The highest BCUT2D eigenvalue weighted by Crippen LogP contribution is 2.35. The molecule has 0 aromatic heterocycles. The van der Waals surface area contributed by atoms with E-state index in [9.17, 15) is 4.79 Å². The van der Waals surface area contributed by atoms with Gasteiger partial charge in [-0.3, -0.25) is 4.79 Å². The minimum atomic E-state index is -0.243. The van der Waals surface area contributed by atoms with Crippen LogP contribution in [0, 0.1) is 0 Å². The van der Waals surface area contributed by atoms with Crippen LogP contribution in [0.2, 0.25) is 0 Å². The third-order valence-corrected chi connectivity index (χ3v) is 7.43. The van der Waals surface area contributed by atoms with Crippen LogP contribution in [0.15, 0.2) is 92.9 Å². The van der Waals surface area contributed by atoms with Crippen molar-refractivity contribution in [2.45, 2.75) is 19.4 Å². The van der Waals surface area contributed by atoms with Crippen molar-refractivity contribution in [2.75, 3.05) is 18.0 Å². The van der Waals surface area contributed by atoms with Gasteiger partial charge in [-0.15, -0.1) is 0 Å². The zero-order valence-electron chi connectivity index (χ0n) is 19.6. The van der Waals surface area contributed by atoms with Gasteiger partial charge in [-0.2, -0.15) is 5.10 Å². The summed E-state index contributed by atoms with van der Waals surface area (Å²) < 4.78 is 7.74. The number of halogens is 2. The summed E-state index contributed by atoms with van der Waals surface area (Å²) in [5.74, 6) is 0.467. The molecule has 1 heterocycles. The second-order valence-corrected chi connectivity index (χ2v) is 10.4. The average Bonchev–Trinajstić information content (AvgIpc) is 3.43. The first-order valence-electron chi connectivity index (χ1n) is 11.9. The number of carbonyl (C=O) groups excluding carboxylic acids is 1. The Morgan fingerprint density at radius 3 is 2.39 bits per heavy atom. The number of ether oxygens (including phenoxy) is 1. The number of hydrogen-bond acceptors (Lipinski definition) is 4. The van der Waals surface area contributed by atoms with Crippen LogP contribution in [0.25, 0.3) is 10.8 Å². The van der Waals surface area contributed by atoms with Crippen LogP contribution < -0.4 is 15.1 Å². The van der Waals surface area contributed by atoms with E-state index in [4.69, 9.17) is 4.74 Å². The lowest BCUT2D eigenvalue weighted by molar-refractivity contribution is 0.0955. The molecule has 0 atom stereocenters. The Morgan fingerprint density at radius 1 is 0.944 bits per heavy atom. The van der Waals surface area contributed by atoms with Gasteiger partial charge in [0, 0.05) is 24.3 Å². The molecule has 0 spiro atoms. The second-order valence-electron chi connectivity index (χ2n) is 8.68. The molecule has 1 amide bonds. The lowest BCUT2D eigenvalue weighted by atomic mass is 10.1. The van der Waals surface area contributed by atoms with E-state index in [0.29, 0.717) is 17.9 Å². The van der Waals surface area contributed by atoms with Gasteiger partial charge in [0.15, 0.2) is 0 Å². The van der Waals surface area contributed by atoms with Crippen LogP contribution in [0.3, 0.4) is 0 Å². The van der Waals surface area contributed by atoms with E-state index >= 15 is 0 Å². The van der Waals surface area contributed by atoms with Gasteiger partial charge in [-0.1, -0.05) is 42.5 Å². The van der Waals surface area contributed by atoms with E-state index < -0.39 is 0 Å². The number of hydrazone groups is 1. The minimum absolute atomic E-state index is 0.243. The summed E-state index contributed by atoms with van der Waals surface area (Å²) in [6.45, 7) is 2.60. The zero-order chi connectivity index (χ0) is 24.9. The quantitative estimate of drug-likeness (QED) is 0.177. The van der Waals surface area contributed by atoms with Gasteiger partial charge in [-0.25, -0.2) is 5.43 Å². The highest BCUT2D eigenvalue weighted by molar-refractivity contribution is 9.11. The molecule has 5 nitrogen and oxygen atoms in total. The van der Waals surface area contributed by atoms with E-state index in [2.05, 4.69) is 71.6 Å². The SMILES string of the molecule is O=C(N/N=C\c1cc(Br)c(OCc2cccc3ccccc23)c(Br)c1)c1ccc(N2CCCC2)cc1. The van der Waals surface area contributed by atoms with Gasteiger partial charge in [0.1, 0.15) is 12.4 Å². The molecule has 5 rings (SSSR count). The summed E-state index contributed by atoms with van der Waals surface area (Å²) in [6.07, 6.45) is 4.06.